The summed E-state index contributed by atoms with van der Waals surface area (Å²) in [5, 5.41) is 0. The number of methoxy groups -OCH3 is 1. The van der Waals surface area contributed by atoms with E-state index in [-0.39, 0.29) is 6.04 Å². The second-order valence-corrected chi connectivity index (χ2v) is 4.97. The smallest absolute Gasteiger partial charge is 0.164 e. The third-order valence-corrected chi connectivity index (χ3v) is 3.39. The highest BCUT2D eigenvalue weighted by molar-refractivity contribution is 5.47. The van der Waals surface area contributed by atoms with Crippen molar-refractivity contribution in [2.24, 2.45) is 5.73 Å². The first-order valence-electron chi connectivity index (χ1n) is 7.17. The second-order valence-electron chi connectivity index (χ2n) is 4.97. The average molecular weight is 286 g/mol. The number of hydrogen-bond acceptors (Lipinski definition) is 4. The Morgan fingerprint density at radius 3 is 2.76 bits per heavy atom. The minimum Gasteiger partial charge on any atom is -0.493 e. The van der Waals surface area contributed by atoms with E-state index in [1.807, 2.05) is 30.3 Å². The summed E-state index contributed by atoms with van der Waals surface area (Å²) < 4.78 is 11.4. The van der Waals surface area contributed by atoms with Crippen molar-refractivity contribution in [2.75, 3.05) is 7.11 Å². The molecule has 1 aromatic carbocycles. The summed E-state index contributed by atoms with van der Waals surface area (Å²) in [6, 6.07) is 9.91. The molecule has 1 aromatic heterocycles. The Morgan fingerprint density at radius 1 is 1.24 bits per heavy atom. The Bertz CT molecular complexity index is 558. The number of nitrogens with two attached hydrogens (primary N) is 1. The van der Waals surface area contributed by atoms with E-state index in [9.17, 15) is 0 Å². The van der Waals surface area contributed by atoms with Gasteiger partial charge in [-0.05, 0) is 30.5 Å². The molecule has 2 N–H and O–H groups in total. The molecule has 4 nitrogen and oxygen atoms in total. The van der Waals surface area contributed by atoms with Crippen molar-refractivity contribution < 1.29 is 9.47 Å². The van der Waals surface area contributed by atoms with Crippen molar-refractivity contribution in [3.05, 3.63) is 53.9 Å². The third-order valence-electron chi connectivity index (χ3n) is 3.39. The maximum absolute atomic E-state index is 6.07. The highest BCUT2D eigenvalue weighted by Gasteiger charge is 2.13. The molecule has 0 saturated carbocycles. The minimum atomic E-state index is 0.123. The van der Waals surface area contributed by atoms with Gasteiger partial charge in [0, 0.05) is 24.0 Å². The Kier molecular flexibility index (Phi) is 5.58. The SMILES string of the molecule is CCC(N)Cc1cccc(OC)c1OCc1cccnc1. The summed E-state index contributed by atoms with van der Waals surface area (Å²) in [6.07, 6.45) is 5.25. The van der Waals surface area contributed by atoms with Crippen molar-refractivity contribution in [3.8, 4) is 11.5 Å². The first kappa shape index (κ1) is 15.3. The normalized spacial score (nSPS) is 12.0. The van der Waals surface area contributed by atoms with Gasteiger partial charge >= 0.3 is 0 Å². The topological polar surface area (TPSA) is 57.4 Å². The van der Waals surface area contributed by atoms with E-state index in [1.165, 1.54) is 0 Å². The van der Waals surface area contributed by atoms with Crippen LogP contribution in [0.3, 0.4) is 0 Å². The van der Waals surface area contributed by atoms with Gasteiger partial charge in [0.15, 0.2) is 11.5 Å². The zero-order chi connectivity index (χ0) is 15.1. The molecule has 0 spiro atoms. The number of benzene rings is 1. The number of ether oxygens (including phenoxy) is 2. The lowest BCUT2D eigenvalue weighted by atomic mass is 10.0. The van der Waals surface area contributed by atoms with Crippen LogP contribution < -0.4 is 15.2 Å². The molecule has 0 fully saturated rings. The van der Waals surface area contributed by atoms with Crippen LogP contribution in [0.4, 0.5) is 0 Å². The monoisotopic (exact) mass is 286 g/mol. The van der Waals surface area contributed by atoms with Crippen molar-refractivity contribution >= 4 is 0 Å². The highest BCUT2D eigenvalue weighted by atomic mass is 16.5. The number of nitrogens with zero attached hydrogens (tertiary/aromatic N) is 1. The predicted octanol–water partition coefficient (Wildman–Crippen LogP) is 2.95. The van der Waals surface area contributed by atoms with Gasteiger partial charge in [0.1, 0.15) is 6.61 Å². The number of aromatic nitrogens is 1. The van der Waals surface area contributed by atoms with Crippen LogP contribution >= 0.6 is 0 Å². The first-order chi connectivity index (χ1) is 10.2. The molecule has 0 bridgehead atoms. The summed E-state index contributed by atoms with van der Waals surface area (Å²) in [6.45, 7) is 2.55. The molecule has 0 radical (unpaired) electrons. The lowest BCUT2D eigenvalue weighted by Crippen LogP contribution is -2.21. The molecule has 1 unspecified atom stereocenters. The van der Waals surface area contributed by atoms with Gasteiger partial charge in [0.05, 0.1) is 7.11 Å². The van der Waals surface area contributed by atoms with E-state index in [0.29, 0.717) is 6.61 Å². The Balaban J connectivity index is 2.18. The molecule has 112 valence electrons. The van der Waals surface area contributed by atoms with E-state index >= 15 is 0 Å². The summed E-state index contributed by atoms with van der Waals surface area (Å²) >= 11 is 0. The van der Waals surface area contributed by atoms with Crippen molar-refractivity contribution in [2.45, 2.75) is 32.4 Å². The van der Waals surface area contributed by atoms with Gasteiger partial charge in [0.2, 0.25) is 0 Å². The van der Waals surface area contributed by atoms with Crippen LogP contribution in [0.1, 0.15) is 24.5 Å². The van der Waals surface area contributed by atoms with Gasteiger partial charge < -0.3 is 15.2 Å². The van der Waals surface area contributed by atoms with Gasteiger partial charge in [0.25, 0.3) is 0 Å². The highest BCUT2D eigenvalue weighted by Crippen LogP contribution is 2.32. The first-order valence-corrected chi connectivity index (χ1v) is 7.17. The van der Waals surface area contributed by atoms with Gasteiger partial charge in [-0.25, -0.2) is 0 Å². The molecule has 1 atom stereocenters. The van der Waals surface area contributed by atoms with Crippen LogP contribution in [-0.4, -0.2) is 18.1 Å². The number of para-hydroxylation sites is 1. The lowest BCUT2D eigenvalue weighted by molar-refractivity contribution is 0.280. The van der Waals surface area contributed by atoms with Gasteiger partial charge in [-0.2, -0.15) is 0 Å². The molecule has 0 aliphatic carbocycles. The van der Waals surface area contributed by atoms with Gasteiger partial charge in [-0.1, -0.05) is 25.1 Å². The van der Waals surface area contributed by atoms with E-state index in [2.05, 4.69) is 11.9 Å². The van der Waals surface area contributed by atoms with Gasteiger partial charge in [-0.3, -0.25) is 4.98 Å². The molecule has 4 heteroatoms. The van der Waals surface area contributed by atoms with Crippen LogP contribution in [0.2, 0.25) is 0 Å². The Labute approximate surface area is 125 Å². The van der Waals surface area contributed by atoms with Crippen LogP contribution in [0.15, 0.2) is 42.7 Å². The number of pyridine rings is 1. The van der Waals surface area contributed by atoms with E-state index in [1.54, 1.807) is 19.5 Å². The maximum atomic E-state index is 6.07. The van der Waals surface area contributed by atoms with E-state index in [4.69, 9.17) is 15.2 Å². The predicted molar refractivity (Wildman–Crippen MR) is 83.5 cm³/mol. The largest absolute Gasteiger partial charge is 0.493 e. The summed E-state index contributed by atoms with van der Waals surface area (Å²) in [5.41, 5.74) is 8.17. The molecule has 1 heterocycles. The fraction of sp³-hybridized carbons (Fsp3) is 0.353. The van der Waals surface area contributed by atoms with E-state index < -0.39 is 0 Å². The molecule has 21 heavy (non-hydrogen) atoms. The Hall–Kier alpha value is -2.07. The van der Waals surface area contributed by atoms with E-state index in [0.717, 1.165) is 35.5 Å². The molecule has 0 amide bonds. The zero-order valence-electron chi connectivity index (χ0n) is 12.6. The molecule has 2 rings (SSSR count). The number of rotatable bonds is 7. The van der Waals surface area contributed by atoms with Crippen LogP contribution in [0, 0.1) is 0 Å². The van der Waals surface area contributed by atoms with Crippen LogP contribution in [0.5, 0.6) is 11.5 Å². The standard InChI is InChI=1S/C17H22N2O2/c1-3-15(18)10-14-7-4-8-16(20-2)17(14)21-12-13-6-5-9-19-11-13/h4-9,11,15H,3,10,12,18H2,1-2H3. The average Bonchev–Trinajstić information content (AvgIpc) is 2.54. The van der Waals surface area contributed by atoms with Crippen molar-refractivity contribution in [1.82, 2.24) is 4.98 Å². The van der Waals surface area contributed by atoms with Crippen molar-refractivity contribution in [1.29, 1.82) is 0 Å². The Morgan fingerprint density at radius 2 is 2.10 bits per heavy atom. The van der Waals surface area contributed by atoms with Gasteiger partial charge in [-0.15, -0.1) is 0 Å². The third kappa shape index (κ3) is 4.20. The molecular weight excluding hydrogens is 264 g/mol. The van der Waals surface area contributed by atoms with Crippen LogP contribution in [-0.2, 0) is 13.0 Å². The van der Waals surface area contributed by atoms with Crippen molar-refractivity contribution in [3.63, 3.8) is 0 Å². The fourth-order valence-corrected chi connectivity index (χ4v) is 2.11. The van der Waals surface area contributed by atoms with Crippen LogP contribution in [0.25, 0.3) is 0 Å². The minimum absolute atomic E-state index is 0.123. The summed E-state index contributed by atoms with van der Waals surface area (Å²) in [5.74, 6) is 1.51. The summed E-state index contributed by atoms with van der Waals surface area (Å²) in [7, 11) is 1.65. The zero-order valence-corrected chi connectivity index (χ0v) is 12.6. The molecule has 2 aromatic rings. The lowest BCUT2D eigenvalue weighted by Gasteiger charge is -2.17. The molecule has 0 aliphatic rings. The maximum Gasteiger partial charge on any atom is 0.164 e. The summed E-state index contributed by atoms with van der Waals surface area (Å²) in [4.78, 5) is 4.09. The molecular formula is C17H22N2O2. The second kappa shape index (κ2) is 7.64. The molecule has 0 aliphatic heterocycles. The quantitative estimate of drug-likeness (QED) is 0.850. The molecule has 0 saturated heterocycles. The number of hydrogen-bond donors (Lipinski definition) is 1. The fourth-order valence-electron chi connectivity index (χ4n) is 2.11.